The van der Waals surface area contributed by atoms with Gasteiger partial charge in [-0.1, -0.05) is 26.2 Å². The van der Waals surface area contributed by atoms with Crippen molar-refractivity contribution in [1.82, 2.24) is 9.88 Å². The van der Waals surface area contributed by atoms with Gasteiger partial charge in [0, 0.05) is 30.1 Å². The Morgan fingerprint density at radius 2 is 2.04 bits per heavy atom. The molecule has 1 aromatic carbocycles. The van der Waals surface area contributed by atoms with Gasteiger partial charge in [0.25, 0.3) is 0 Å². The van der Waals surface area contributed by atoms with E-state index >= 15 is 0 Å². The molecule has 0 fully saturated rings. The SMILES string of the molecule is CCCCCCC(=O)Oc1ccc2[nH]cc(CCN(C)C)c2c1. The molecule has 0 aliphatic carbocycles. The van der Waals surface area contributed by atoms with Crippen molar-refractivity contribution in [3.8, 4) is 5.75 Å². The Bertz CT molecular complexity index is 631. The summed E-state index contributed by atoms with van der Waals surface area (Å²) >= 11 is 0. The second-order valence-corrected chi connectivity index (χ2v) is 6.36. The third-order valence-electron chi connectivity index (χ3n) is 4.03. The van der Waals surface area contributed by atoms with Crippen LogP contribution in [0.3, 0.4) is 0 Å². The zero-order valence-corrected chi connectivity index (χ0v) is 14.5. The molecule has 0 aliphatic heterocycles. The summed E-state index contributed by atoms with van der Waals surface area (Å²) < 4.78 is 5.49. The quantitative estimate of drug-likeness (QED) is 0.429. The van der Waals surface area contributed by atoms with E-state index in [0.29, 0.717) is 12.2 Å². The summed E-state index contributed by atoms with van der Waals surface area (Å²) in [5.74, 6) is 0.509. The van der Waals surface area contributed by atoms with Crippen molar-refractivity contribution in [2.45, 2.75) is 45.4 Å². The molecule has 0 bridgehead atoms. The van der Waals surface area contributed by atoms with E-state index in [4.69, 9.17) is 4.74 Å². The van der Waals surface area contributed by atoms with Crippen LogP contribution >= 0.6 is 0 Å². The molecule has 4 nitrogen and oxygen atoms in total. The number of carbonyl (C=O) groups is 1. The number of aromatic nitrogens is 1. The second kappa shape index (κ2) is 8.73. The fourth-order valence-electron chi connectivity index (χ4n) is 2.65. The average Bonchev–Trinajstić information content (AvgIpc) is 2.92. The number of ether oxygens (including phenoxy) is 1. The number of hydrogen-bond donors (Lipinski definition) is 1. The maximum atomic E-state index is 11.9. The van der Waals surface area contributed by atoms with Crippen molar-refractivity contribution < 1.29 is 9.53 Å². The lowest BCUT2D eigenvalue weighted by molar-refractivity contribution is -0.134. The highest BCUT2D eigenvalue weighted by Crippen LogP contribution is 2.24. The summed E-state index contributed by atoms with van der Waals surface area (Å²) in [5.41, 5.74) is 2.34. The number of H-pyrrole nitrogens is 1. The summed E-state index contributed by atoms with van der Waals surface area (Å²) in [6.07, 6.45) is 7.88. The van der Waals surface area contributed by atoms with Crippen LogP contribution in [-0.2, 0) is 11.2 Å². The van der Waals surface area contributed by atoms with Crippen LogP contribution in [0.25, 0.3) is 10.9 Å². The van der Waals surface area contributed by atoms with Gasteiger partial charge >= 0.3 is 5.97 Å². The Kier molecular flexibility index (Phi) is 6.66. The third-order valence-corrected chi connectivity index (χ3v) is 4.03. The molecule has 1 aromatic heterocycles. The predicted molar refractivity (Wildman–Crippen MR) is 95.0 cm³/mol. The first kappa shape index (κ1) is 17.5. The molecule has 0 unspecified atom stereocenters. The van der Waals surface area contributed by atoms with Crippen LogP contribution in [-0.4, -0.2) is 36.5 Å². The Morgan fingerprint density at radius 3 is 2.78 bits per heavy atom. The number of fused-ring (bicyclic) bond motifs is 1. The molecule has 2 aromatic rings. The highest BCUT2D eigenvalue weighted by Gasteiger charge is 2.09. The Labute approximate surface area is 138 Å². The fourth-order valence-corrected chi connectivity index (χ4v) is 2.65. The minimum Gasteiger partial charge on any atom is -0.427 e. The standard InChI is InChI=1S/C19H28N2O2/c1-4-5-6-7-8-19(22)23-16-9-10-18-17(13-16)15(14-20-18)11-12-21(2)3/h9-10,13-14,20H,4-8,11-12H2,1-3H3. The molecule has 1 heterocycles. The number of likely N-dealkylation sites (N-methyl/N-ethyl adjacent to an activating group) is 1. The topological polar surface area (TPSA) is 45.3 Å². The smallest absolute Gasteiger partial charge is 0.311 e. The monoisotopic (exact) mass is 316 g/mol. The van der Waals surface area contributed by atoms with Crippen LogP contribution in [0.5, 0.6) is 5.75 Å². The molecular formula is C19H28N2O2. The number of nitrogens with one attached hydrogen (secondary N) is 1. The average molecular weight is 316 g/mol. The minimum absolute atomic E-state index is 0.133. The number of esters is 1. The van der Waals surface area contributed by atoms with E-state index in [1.807, 2.05) is 24.4 Å². The molecule has 126 valence electrons. The molecule has 0 atom stereocenters. The first-order valence-electron chi connectivity index (χ1n) is 8.55. The molecule has 2 rings (SSSR count). The van der Waals surface area contributed by atoms with Gasteiger partial charge in [0.15, 0.2) is 0 Å². The van der Waals surface area contributed by atoms with Crippen molar-refractivity contribution >= 4 is 16.9 Å². The maximum absolute atomic E-state index is 11.9. The number of hydrogen-bond acceptors (Lipinski definition) is 3. The van der Waals surface area contributed by atoms with E-state index in [-0.39, 0.29) is 5.97 Å². The van der Waals surface area contributed by atoms with E-state index in [0.717, 1.165) is 36.7 Å². The summed E-state index contributed by atoms with van der Waals surface area (Å²) in [6.45, 7) is 3.16. The highest BCUT2D eigenvalue weighted by molar-refractivity contribution is 5.85. The van der Waals surface area contributed by atoms with Crippen molar-refractivity contribution in [1.29, 1.82) is 0 Å². The van der Waals surface area contributed by atoms with Gasteiger partial charge in [-0.3, -0.25) is 4.79 Å². The molecule has 0 saturated heterocycles. The van der Waals surface area contributed by atoms with Crippen LogP contribution in [0.15, 0.2) is 24.4 Å². The summed E-state index contributed by atoms with van der Waals surface area (Å²) in [5, 5.41) is 1.14. The van der Waals surface area contributed by atoms with Crippen molar-refractivity contribution in [2.75, 3.05) is 20.6 Å². The zero-order chi connectivity index (χ0) is 16.7. The van der Waals surface area contributed by atoms with Crippen LogP contribution in [0.2, 0.25) is 0 Å². The number of carbonyl (C=O) groups excluding carboxylic acids is 1. The second-order valence-electron chi connectivity index (χ2n) is 6.36. The van der Waals surface area contributed by atoms with Gasteiger partial charge in [-0.25, -0.2) is 0 Å². The molecule has 0 aliphatic rings. The van der Waals surface area contributed by atoms with Crippen LogP contribution in [0.4, 0.5) is 0 Å². The van der Waals surface area contributed by atoms with Crippen LogP contribution < -0.4 is 4.74 Å². The van der Waals surface area contributed by atoms with Crippen LogP contribution in [0, 0.1) is 0 Å². The van der Waals surface area contributed by atoms with Gasteiger partial charge in [0.05, 0.1) is 0 Å². The van der Waals surface area contributed by atoms with E-state index in [2.05, 4.69) is 30.9 Å². The van der Waals surface area contributed by atoms with Gasteiger partial charge < -0.3 is 14.6 Å². The third kappa shape index (κ3) is 5.39. The maximum Gasteiger partial charge on any atom is 0.311 e. The first-order chi connectivity index (χ1) is 11.1. The van der Waals surface area contributed by atoms with Gasteiger partial charge in [-0.05, 0) is 50.7 Å². The zero-order valence-electron chi connectivity index (χ0n) is 14.5. The van der Waals surface area contributed by atoms with E-state index in [1.54, 1.807) is 0 Å². The molecule has 1 N–H and O–H groups in total. The minimum atomic E-state index is -0.133. The van der Waals surface area contributed by atoms with Crippen molar-refractivity contribution in [3.63, 3.8) is 0 Å². The normalized spacial score (nSPS) is 11.3. The van der Waals surface area contributed by atoms with E-state index in [9.17, 15) is 4.79 Å². The van der Waals surface area contributed by atoms with Crippen LogP contribution in [0.1, 0.15) is 44.6 Å². The molecule has 23 heavy (non-hydrogen) atoms. The van der Waals surface area contributed by atoms with E-state index in [1.165, 1.54) is 18.4 Å². The van der Waals surface area contributed by atoms with Gasteiger partial charge in [-0.15, -0.1) is 0 Å². The highest BCUT2D eigenvalue weighted by atomic mass is 16.5. The Hall–Kier alpha value is -1.81. The molecule has 0 radical (unpaired) electrons. The lowest BCUT2D eigenvalue weighted by atomic mass is 10.1. The summed E-state index contributed by atoms with van der Waals surface area (Å²) in [7, 11) is 4.14. The molecule has 0 saturated carbocycles. The summed E-state index contributed by atoms with van der Waals surface area (Å²) in [4.78, 5) is 17.4. The number of unbranched alkanes of at least 4 members (excludes halogenated alkanes) is 3. The lowest BCUT2D eigenvalue weighted by Crippen LogP contribution is -2.14. The lowest BCUT2D eigenvalue weighted by Gasteiger charge is -2.09. The van der Waals surface area contributed by atoms with Crippen molar-refractivity contribution in [2.24, 2.45) is 0 Å². The Morgan fingerprint density at radius 1 is 1.22 bits per heavy atom. The molecule has 4 heteroatoms. The number of nitrogens with zero attached hydrogens (tertiary/aromatic N) is 1. The molecule has 0 amide bonds. The number of rotatable bonds is 9. The van der Waals surface area contributed by atoms with Gasteiger partial charge in [-0.2, -0.15) is 0 Å². The van der Waals surface area contributed by atoms with E-state index < -0.39 is 0 Å². The summed E-state index contributed by atoms with van der Waals surface area (Å²) in [6, 6.07) is 5.81. The number of aromatic amines is 1. The van der Waals surface area contributed by atoms with Crippen molar-refractivity contribution in [3.05, 3.63) is 30.0 Å². The molecular weight excluding hydrogens is 288 g/mol. The van der Waals surface area contributed by atoms with Gasteiger partial charge in [0.1, 0.15) is 5.75 Å². The fraction of sp³-hybridized carbons (Fsp3) is 0.526. The first-order valence-corrected chi connectivity index (χ1v) is 8.55. The Balaban J connectivity index is 1.98. The predicted octanol–water partition coefficient (Wildman–Crippen LogP) is 4.15. The molecule has 0 spiro atoms. The number of benzene rings is 1. The largest absolute Gasteiger partial charge is 0.427 e. The van der Waals surface area contributed by atoms with Gasteiger partial charge in [0.2, 0.25) is 0 Å².